The van der Waals surface area contributed by atoms with Gasteiger partial charge in [0.1, 0.15) is 12.4 Å². The van der Waals surface area contributed by atoms with E-state index in [0.29, 0.717) is 37.6 Å². The first kappa shape index (κ1) is 22.6. The lowest BCUT2D eigenvalue weighted by atomic mass is 10.0. The molecule has 1 unspecified atom stereocenters. The van der Waals surface area contributed by atoms with Crippen molar-refractivity contribution in [1.29, 1.82) is 0 Å². The van der Waals surface area contributed by atoms with Crippen LogP contribution in [0.25, 0.3) is 10.9 Å². The molecule has 0 saturated carbocycles. The van der Waals surface area contributed by atoms with E-state index in [1.807, 2.05) is 12.1 Å². The van der Waals surface area contributed by atoms with Gasteiger partial charge in [-0.05, 0) is 54.3 Å². The molecule has 0 bridgehead atoms. The van der Waals surface area contributed by atoms with Gasteiger partial charge in [-0.25, -0.2) is 0 Å². The molecule has 1 aliphatic carbocycles. The van der Waals surface area contributed by atoms with Crippen LogP contribution >= 0.6 is 0 Å². The fourth-order valence-corrected chi connectivity index (χ4v) is 4.98. The highest BCUT2D eigenvalue weighted by molar-refractivity contribution is 5.87. The van der Waals surface area contributed by atoms with Crippen LogP contribution in [0, 0.1) is 0 Å². The molecular formula is C25H25F3N2O4. The molecule has 180 valence electrons. The Morgan fingerprint density at radius 2 is 1.97 bits per heavy atom. The Morgan fingerprint density at radius 1 is 1.18 bits per heavy atom. The van der Waals surface area contributed by atoms with E-state index in [4.69, 9.17) is 14.6 Å². The van der Waals surface area contributed by atoms with Crippen molar-refractivity contribution in [2.24, 2.45) is 0 Å². The smallest absolute Gasteiger partial charge is 0.418 e. The zero-order chi connectivity index (χ0) is 23.9. The summed E-state index contributed by atoms with van der Waals surface area (Å²) in [6.45, 7) is 1.67. The van der Waals surface area contributed by atoms with Crippen molar-refractivity contribution < 1.29 is 32.5 Å². The number of benzene rings is 2. The first-order valence-electron chi connectivity index (χ1n) is 11.3. The average molecular weight is 474 g/mol. The molecule has 2 N–H and O–H groups in total. The topological polar surface area (TPSA) is 74.8 Å². The highest BCUT2D eigenvalue weighted by Gasteiger charge is 2.35. The zero-order valence-corrected chi connectivity index (χ0v) is 18.5. The van der Waals surface area contributed by atoms with E-state index in [1.54, 1.807) is 17.0 Å². The average Bonchev–Trinajstić information content (AvgIpc) is 3.37. The van der Waals surface area contributed by atoms with E-state index in [9.17, 15) is 18.0 Å². The number of aryl methyl sites for hydroxylation is 1. The summed E-state index contributed by atoms with van der Waals surface area (Å²) in [6.07, 6.45) is -2.81. The molecule has 1 aliphatic heterocycles. The van der Waals surface area contributed by atoms with Crippen LogP contribution in [0.4, 0.5) is 18.9 Å². The SMILES string of the molecule is O=C(O)CC1CCc2c1[nH]c1ccc(OCc3ccc(N4CCOCC4)c(C(F)(F)F)c3)cc21. The van der Waals surface area contributed by atoms with Crippen LogP contribution in [0.5, 0.6) is 5.75 Å². The molecule has 1 fully saturated rings. The van der Waals surface area contributed by atoms with Crippen LogP contribution < -0.4 is 9.64 Å². The number of anilines is 1. The summed E-state index contributed by atoms with van der Waals surface area (Å²) < 4.78 is 52.5. The minimum Gasteiger partial charge on any atom is -0.489 e. The van der Waals surface area contributed by atoms with Gasteiger partial charge >= 0.3 is 12.1 Å². The fraction of sp³-hybridized carbons (Fsp3) is 0.400. The maximum absolute atomic E-state index is 13.8. The molecule has 6 nitrogen and oxygen atoms in total. The third-order valence-electron chi connectivity index (χ3n) is 6.61. The first-order chi connectivity index (χ1) is 16.3. The minimum atomic E-state index is -4.47. The van der Waals surface area contributed by atoms with Crippen LogP contribution in [0.1, 0.15) is 41.1 Å². The third kappa shape index (κ3) is 4.44. The Bertz CT molecular complexity index is 1210. The van der Waals surface area contributed by atoms with Gasteiger partial charge in [0.25, 0.3) is 0 Å². The molecule has 2 aromatic carbocycles. The number of alkyl halides is 3. The highest BCUT2D eigenvalue weighted by Crippen LogP contribution is 2.41. The second-order valence-electron chi connectivity index (χ2n) is 8.80. The molecule has 2 aliphatic rings. The Hall–Kier alpha value is -3.20. The summed E-state index contributed by atoms with van der Waals surface area (Å²) in [7, 11) is 0. The monoisotopic (exact) mass is 474 g/mol. The Morgan fingerprint density at radius 3 is 2.71 bits per heavy atom. The quantitative estimate of drug-likeness (QED) is 0.520. The maximum atomic E-state index is 13.8. The number of aromatic amines is 1. The molecule has 1 aromatic heterocycles. The number of rotatable bonds is 6. The maximum Gasteiger partial charge on any atom is 0.418 e. The third-order valence-corrected chi connectivity index (χ3v) is 6.61. The fourth-order valence-electron chi connectivity index (χ4n) is 4.98. The number of carbonyl (C=O) groups is 1. The van der Waals surface area contributed by atoms with Gasteiger partial charge in [-0.15, -0.1) is 0 Å². The van der Waals surface area contributed by atoms with Crippen LogP contribution in [-0.4, -0.2) is 42.4 Å². The lowest BCUT2D eigenvalue weighted by molar-refractivity contribution is -0.138. The zero-order valence-electron chi connectivity index (χ0n) is 18.5. The van der Waals surface area contributed by atoms with Crippen LogP contribution in [0.15, 0.2) is 36.4 Å². The Labute approximate surface area is 194 Å². The van der Waals surface area contributed by atoms with E-state index in [-0.39, 0.29) is 24.6 Å². The van der Waals surface area contributed by atoms with Gasteiger partial charge in [0.15, 0.2) is 0 Å². The summed E-state index contributed by atoms with van der Waals surface area (Å²) in [6, 6.07) is 9.85. The number of fused-ring (bicyclic) bond motifs is 3. The van der Waals surface area contributed by atoms with Gasteiger partial charge < -0.3 is 24.5 Å². The van der Waals surface area contributed by atoms with Gasteiger partial charge in [0, 0.05) is 41.3 Å². The van der Waals surface area contributed by atoms with Crippen molar-refractivity contribution >= 4 is 22.6 Å². The van der Waals surface area contributed by atoms with Crippen molar-refractivity contribution in [2.75, 3.05) is 31.2 Å². The highest BCUT2D eigenvalue weighted by atomic mass is 19.4. The molecule has 3 aromatic rings. The van der Waals surface area contributed by atoms with Crippen LogP contribution in [0.3, 0.4) is 0 Å². The number of H-pyrrole nitrogens is 1. The van der Waals surface area contributed by atoms with Crippen molar-refractivity contribution in [2.45, 2.75) is 38.0 Å². The number of carboxylic acid groups (broad SMARTS) is 1. The van der Waals surface area contributed by atoms with E-state index >= 15 is 0 Å². The lowest BCUT2D eigenvalue weighted by Gasteiger charge is -2.31. The number of carboxylic acids is 1. The number of aromatic nitrogens is 1. The van der Waals surface area contributed by atoms with Crippen LogP contribution in [-0.2, 0) is 28.7 Å². The molecule has 0 amide bonds. The van der Waals surface area contributed by atoms with E-state index < -0.39 is 17.7 Å². The second kappa shape index (κ2) is 8.87. The molecule has 34 heavy (non-hydrogen) atoms. The number of morpholine rings is 1. The molecule has 1 saturated heterocycles. The molecule has 0 radical (unpaired) electrons. The van der Waals surface area contributed by atoms with E-state index in [1.165, 1.54) is 6.07 Å². The summed E-state index contributed by atoms with van der Waals surface area (Å²) in [4.78, 5) is 16.2. The van der Waals surface area contributed by atoms with Gasteiger partial charge in [-0.1, -0.05) is 6.07 Å². The summed E-state index contributed by atoms with van der Waals surface area (Å²) >= 11 is 0. The largest absolute Gasteiger partial charge is 0.489 e. The summed E-state index contributed by atoms with van der Waals surface area (Å²) in [5.74, 6) is -0.296. The lowest BCUT2D eigenvalue weighted by Crippen LogP contribution is -2.37. The van der Waals surface area contributed by atoms with Gasteiger partial charge in [0.2, 0.25) is 0 Å². The molecule has 2 heterocycles. The molecule has 1 atom stereocenters. The van der Waals surface area contributed by atoms with Crippen molar-refractivity contribution in [3.63, 3.8) is 0 Å². The van der Waals surface area contributed by atoms with Gasteiger partial charge in [-0.3, -0.25) is 4.79 Å². The predicted molar refractivity (Wildman–Crippen MR) is 120 cm³/mol. The number of aliphatic carboxylic acids is 1. The Balaban J connectivity index is 1.35. The van der Waals surface area contributed by atoms with Gasteiger partial charge in [-0.2, -0.15) is 13.2 Å². The summed E-state index contributed by atoms with van der Waals surface area (Å²) in [5, 5.41) is 10.1. The number of halogens is 3. The molecule has 9 heteroatoms. The number of hydrogen-bond acceptors (Lipinski definition) is 4. The van der Waals surface area contributed by atoms with Crippen molar-refractivity contribution in [1.82, 2.24) is 4.98 Å². The number of hydrogen-bond donors (Lipinski definition) is 2. The van der Waals surface area contributed by atoms with E-state index in [0.717, 1.165) is 41.1 Å². The van der Waals surface area contributed by atoms with Crippen molar-refractivity contribution in [3.05, 3.63) is 58.8 Å². The van der Waals surface area contributed by atoms with Crippen LogP contribution in [0.2, 0.25) is 0 Å². The molecule has 0 spiro atoms. The minimum absolute atomic E-state index is 0.00618. The standard InChI is InChI=1S/C25H25F3N2O4/c26-25(27,28)20-11-15(1-6-22(20)30-7-9-33-10-8-30)14-34-17-3-5-21-19(13-17)18-4-2-16(12-23(31)32)24(18)29-21/h1,3,5-6,11,13,16,29H,2,4,7-10,12,14H2,(H,31,32). The number of nitrogens with one attached hydrogen (secondary N) is 1. The van der Waals surface area contributed by atoms with Gasteiger partial charge in [0.05, 0.1) is 25.2 Å². The van der Waals surface area contributed by atoms with Crippen molar-refractivity contribution in [3.8, 4) is 5.75 Å². The second-order valence-corrected chi connectivity index (χ2v) is 8.80. The molecular weight excluding hydrogens is 449 g/mol. The number of nitrogens with zero attached hydrogens (tertiary/aromatic N) is 1. The van der Waals surface area contributed by atoms with E-state index in [2.05, 4.69) is 4.98 Å². The Kier molecular flexibility index (Phi) is 5.89. The number of ether oxygens (including phenoxy) is 2. The normalized spacial score (nSPS) is 18.3. The first-order valence-corrected chi connectivity index (χ1v) is 11.3. The predicted octanol–water partition coefficient (Wildman–Crippen LogP) is 5.11. The molecule has 5 rings (SSSR count). The summed E-state index contributed by atoms with van der Waals surface area (Å²) in [5.41, 5.74) is 2.90.